The quantitative estimate of drug-likeness (QED) is 0.677. The number of aromatic nitrogens is 1. The van der Waals surface area contributed by atoms with Crippen LogP contribution in [0.2, 0.25) is 5.02 Å². The lowest BCUT2D eigenvalue weighted by molar-refractivity contribution is 0.566. The van der Waals surface area contributed by atoms with Crippen LogP contribution < -0.4 is 5.56 Å². The Balaban J connectivity index is 2.03. The van der Waals surface area contributed by atoms with Crippen molar-refractivity contribution in [2.24, 2.45) is 0 Å². The fraction of sp³-hybridized carbons (Fsp3) is 0.0952. The monoisotopic (exact) mass is 350 g/mol. The van der Waals surface area contributed by atoms with Crippen LogP contribution in [0.3, 0.4) is 0 Å². The Kier molecular flexibility index (Phi) is 4.77. The van der Waals surface area contributed by atoms with Gasteiger partial charge in [0, 0.05) is 36.4 Å². The van der Waals surface area contributed by atoms with Crippen LogP contribution >= 0.6 is 11.6 Å². The van der Waals surface area contributed by atoms with Crippen LogP contribution in [0.5, 0.6) is 0 Å². The second kappa shape index (κ2) is 6.99. The fourth-order valence-electron chi connectivity index (χ4n) is 2.75. The van der Waals surface area contributed by atoms with Gasteiger partial charge in [0.15, 0.2) is 0 Å². The van der Waals surface area contributed by atoms with E-state index in [2.05, 4.69) is 11.6 Å². The van der Waals surface area contributed by atoms with Crippen molar-refractivity contribution in [1.82, 2.24) is 9.88 Å². The van der Waals surface area contributed by atoms with Gasteiger partial charge >= 0.3 is 0 Å². The second-order valence-electron chi connectivity index (χ2n) is 6.07. The van der Waals surface area contributed by atoms with Crippen LogP contribution in [0.15, 0.2) is 72.2 Å². The third-order valence-corrected chi connectivity index (χ3v) is 4.19. The zero-order valence-corrected chi connectivity index (χ0v) is 15.0. The number of pyridine rings is 1. The highest BCUT2D eigenvalue weighted by atomic mass is 35.5. The van der Waals surface area contributed by atoms with Crippen LogP contribution in [-0.4, -0.2) is 24.0 Å². The van der Waals surface area contributed by atoms with Crippen molar-refractivity contribution >= 4 is 27.9 Å². The van der Waals surface area contributed by atoms with E-state index in [1.54, 1.807) is 12.1 Å². The summed E-state index contributed by atoms with van der Waals surface area (Å²) < 4.78 is 0. The molecule has 1 N–H and O–H groups in total. The Hall–Kier alpha value is -2.78. The zero-order chi connectivity index (χ0) is 18.0. The number of allylic oxidation sites excluding steroid dienone is 2. The molecular formula is C21H19ClN2O. The maximum absolute atomic E-state index is 12.3. The van der Waals surface area contributed by atoms with E-state index in [1.165, 1.54) is 0 Å². The number of H-pyrrole nitrogens is 1. The molecule has 0 fully saturated rings. The summed E-state index contributed by atoms with van der Waals surface area (Å²) in [4.78, 5) is 17.2. The molecule has 0 unspecified atom stereocenters. The number of hydrogen-bond donors (Lipinski definition) is 1. The molecule has 0 aliphatic heterocycles. The Morgan fingerprint density at radius 2 is 1.84 bits per heavy atom. The van der Waals surface area contributed by atoms with Crippen molar-refractivity contribution in [2.75, 3.05) is 14.1 Å². The molecular weight excluding hydrogens is 332 g/mol. The summed E-state index contributed by atoms with van der Waals surface area (Å²) in [5.41, 5.74) is 3.70. The van der Waals surface area contributed by atoms with Crippen molar-refractivity contribution < 1.29 is 0 Å². The highest BCUT2D eigenvalue weighted by Gasteiger charge is 2.06. The molecule has 25 heavy (non-hydrogen) atoms. The molecule has 1 heterocycles. The Labute approximate surface area is 151 Å². The normalized spacial score (nSPS) is 11.6. The highest BCUT2D eigenvalue weighted by Crippen LogP contribution is 2.24. The minimum atomic E-state index is -0.140. The van der Waals surface area contributed by atoms with Crippen molar-refractivity contribution in [3.63, 3.8) is 0 Å². The first-order chi connectivity index (χ1) is 12.0. The van der Waals surface area contributed by atoms with Crippen LogP contribution in [-0.2, 0) is 0 Å². The number of hydrogen-bond acceptors (Lipinski definition) is 2. The standard InChI is InChI=1S/C21H19ClN2O/c1-4-14(13-24(2)3)15-5-7-16(8-6-15)20-11-17-9-10-18(22)12-19(17)21(25)23-20/h4-13H,1H2,2-3H3,(H,23,25)/b14-13+. The second-order valence-corrected chi connectivity index (χ2v) is 6.51. The van der Waals surface area contributed by atoms with Crippen molar-refractivity contribution in [1.29, 1.82) is 0 Å². The number of nitrogens with zero attached hydrogens (tertiary/aromatic N) is 1. The summed E-state index contributed by atoms with van der Waals surface area (Å²) in [5, 5.41) is 2.02. The summed E-state index contributed by atoms with van der Waals surface area (Å²) in [7, 11) is 3.95. The molecule has 0 spiro atoms. The first-order valence-electron chi connectivity index (χ1n) is 7.92. The molecule has 0 aliphatic rings. The lowest BCUT2D eigenvalue weighted by Gasteiger charge is -2.10. The average Bonchev–Trinajstić information content (AvgIpc) is 2.60. The number of halogens is 1. The molecule has 0 atom stereocenters. The van der Waals surface area contributed by atoms with E-state index < -0.39 is 0 Å². The van der Waals surface area contributed by atoms with Crippen LogP contribution in [0, 0.1) is 0 Å². The van der Waals surface area contributed by atoms with Gasteiger partial charge in [-0.25, -0.2) is 0 Å². The van der Waals surface area contributed by atoms with Gasteiger partial charge in [-0.05, 0) is 40.3 Å². The van der Waals surface area contributed by atoms with Crippen LogP contribution in [0.25, 0.3) is 27.6 Å². The number of fused-ring (bicyclic) bond motifs is 1. The molecule has 3 rings (SSSR count). The first kappa shape index (κ1) is 17.1. The van der Waals surface area contributed by atoms with E-state index in [1.807, 2.05) is 67.7 Å². The summed E-state index contributed by atoms with van der Waals surface area (Å²) in [6.45, 7) is 3.87. The van der Waals surface area contributed by atoms with E-state index in [-0.39, 0.29) is 5.56 Å². The van der Waals surface area contributed by atoms with Gasteiger partial charge in [-0.3, -0.25) is 4.79 Å². The molecule has 4 heteroatoms. The molecule has 0 bridgehead atoms. The first-order valence-corrected chi connectivity index (χ1v) is 8.30. The van der Waals surface area contributed by atoms with Crippen molar-refractivity contribution in [2.45, 2.75) is 0 Å². The predicted octanol–water partition coefficient (Wildman–Crippen LogP) is 4.94. The topological polar surface area (TPSA) is 36.1 Å². The minimum Gasteiger partial charge on any atom is -0.383 e. The number of aromatic amines is 1. The molecule has 0 saturated heterocycles. The van der Waals surface area contributed by atoms with Crippen LogP contribution in [0.4, 0.5) is 0 Å². The molecule has 3 aromatic rings. The van der Waals surface area contributed by atoms with Gasteiger partial charge in [-0.1, -0.05) is 54.6 Å². The van der Waals surface area contributed by atoms with Gasteiger partial charge in [0.05, 0.1) is 0 Å². The van der Waals surface area contributed by atoms with E-state index in [0.29, 0.717) is 10.4 Å². The average molecular weight is 351 g/mol. The Bertz CT molecular complexity index is 1010. The zero-order valence-electron chi connectivity index (χ0n) is 14.2. The van der Waals surface area contributed by atoms with Gasteiger partial charge in [-0.15, -0.1) is 0 Å². The lowest BCUT2D eigenvalue weighted by Crippen LogP contribution is -2.07. The van der Waals surface area contributed by atoms with Crippen LogP contribution in [0.1, 0.15) is 5.56 Å². The molecule has 1 aromatic heterocycles. The lowest BCUT2D eigenvalue weighted by atomic mass is 10.0. The largest absolute Gasteiger partial charge is 0.383 e. The van der Waals surface area contributed by atoms with E-state index >= 15 is 0 Å². The molecule has 0 aliphatic carbocycles. The molecule has 0 radical (unpaired) electrons. The third-order valence-electron chi connectivity index (χ3n) is 3.95. The number of benzene rings is 2. The van der Waals surface area contributed by atoms with Crippen molar-refractivity contribution in [3.8, 4) is 11.3 Å². The van der Waals surface area contributed by atoms with Gasteiger partial charge < -0.3 is 9.88 Å². The van der Waals surface area contributed by atoms with Gasteiger partial charge in [0.25, 0.3) is 5.56 Å². The Morgan fingerprint density at radius 3 is 2.48 bits per heavy atom. The van der Waals surface area contributed by atoms with Gasteiger partial charge in [0.1, 0.15) is 0 Å². The maximum atomic E-state index is 12.3. The third kappa shape index (κ3) is 3.67. The minimum absolute atomic E-state index is 0.140. The Morgan fingerprint density at radius 1 is 1.12 bits per heavy atom. The number of rotatable bonds is 4. The predicted molar refractivity (Wildman–Crippen MR) is 107 cm³/mol. The van der Waals surface area contributed by atoms with E-state index in [4.69, 9.17) is 11.6 Å². The summed E-state index contributed by atoms with van der Waals surface area (Å²) >= 11 is 5.97. The van der Waals surface area contributed by atoms with E-state index in [9.17, 15) is 4.79 Å². The van der Waals surface area contributed by atoms with E-state index in [0.717, 1.165) is 27.8 Å². The smallest absolute Gasteiger partial charge is 0.256 e. The highest BCUT2D eigenvalue weighted by molar-refractivity contribution is 6.31. The SMILES string of the molecule is C=C/C(=C\N(C)C)c1ccc(-c2cc3ccc(Cl)cc3c(=O)[nH]2)cc1. The summed E-state index contributed by atoms with van der Waals surface area (Å²) in [6.07, 6.45) is 3.85. The summed E-state index contributed by atoms with van der Waals surface area (Å²) in [6, 6.07) is 15.3. The molecule has 3 nitrogen and oxygen atoms in total. The summed E-state index contributed by atoms with van der Waals surface area (Å²) in [5.74, 6) is 0. The maximum Gasteiger partial charge on any atom is 0.256 e. The molecule has 0 amide bonds. The van der Waals surface area contributed by atoms with Crippen molar-refractivity contribution in [3.05, 3.63) is 88.3 Å². The molecule has 126 valence electrons. The fourth-order valence-corrected chi connectivity index (χ4v) is 2.93. The molecule has 2 aromatic carbocycles. The number of nitrogens with one attached hydrogen (secondary N) is 1. The molecule has 0 saturated carbocycles. The van der Waals surface area contributed by atoms with Gasteiger partial charge in [-0.2, -0.15) is 0 Å². The van der Waals surface area contributed by atoms with Gasteiger partial charge in [0.2, 0.25) is 0 Å².